The fourth-order valence-corrected chi connectivity index (χ4v) is 8.38. The lowest BCUT2D eigenvalue weighted by Gasteiger charge is -2.16. The molecule has 266 valence electrons. The molecule has 0 aliphatic heterocycles. The zero-order chi connectivity index (χ0) is 37.7. The van der Waals surface area contributed by atoms with Gasteiger partial charge in [0.2, 0.25) is 0 Å². The van der Waals surface area contributed by atoms with E-state index in [4.69, 9.17) is 9.97 Å². The fraction of sp³-hybridized carbons (Fsp3) is 0. The van der Waals surface area contributed by atoms with E-state index in [-0.39, 0.29) is 0 Å². The van der Waals surface area contributed by atoms with Crippen molar-refractivity contribution in [1.82, 2.24) is 14.5 Å². The zero-order valence-corrected chi connectivity index (χ0v) is 31.0. The molecule has 0 atom stereocenters. The van der Waals surface area contributed by atoms with Gasteiger partial charge in [-0.2, -0.15) is 0 Å². The molecule has 57 heavy (non-hydrogen) atoms. The normalized spacial score (nSPS) is 11.5. The van der Waals surface area contributed by atoms with Crippen LogP contribution in [0.1, 0.15) is 0 Å². The van der Waals surface area contributed by atoms with Crippen LogP contribution in [0.3, 0.4) is 0 Å². The first-order valence-corrected chi connectivity index (χ1v) is 19.4. The molecular weight excluding hydrogens is 691 g/mol. The Balaban J connectivity index is 1.08. The minimum Gasteiger partial charge on any atom is -0.309 e. The second kappa shape index (κ2) is 13.6. The molecule has 0 spiro atoms. The molecule has 2 aromatic heterocycles. The molecule has 0 radical (unpaired) electrons. The Bertz CT molecular complexity index is 3240. The van der Waals surface area contributed by atoms with Crippen LogP contribution in [0.15, 0.2) is 212 Å². The first-order valence-electron chi connectivity index (χ1n) is 19.4. The van der Waals surface area contributed by atoms with Crippen LogP contribution in [0.4, 0.5) is 0 Å². The first kappa shape index (κ1) is 32.8. The average molecular weight is 726 g/mol. The van der Waals surface area contributed by atoms with Gasteiger partial charge in [0.15, 0.2) is 5.82 Å². The predicted molar refractivity (Wildman–Crippen MR) is 239 cm³/mol. The number of fused-ring (bicyclic) bond motifs is 5. The Morgan fingerprint density at radius 1 is 0.316 bits per heavy atom. The highest BCUT2D eigenvalue weighted by Crippen LogP contribution is 2.40. The number of nitrogens with zero attached hydrogens (tertiary/aromatic N) is 3. The summed E-state index contributed by atoms with van der Waals surface area (Å²) in [5.41, 5.74) is 14.3. The number of hydrogen-bond donors (Lipinski definition) is 0. The van der Waals surface area contributed by atoms with Crippen LogP contribution in [-0.4, -0.2) is 14.5 Å². The van der Waals surface area contributed by atoms with Crippen LogP contribution in [0.2, 0.25) is 0 Å². The predicted octanol–water partition coefficient (Wildman–Crippen LogP) is 14.2. The second-order valence-corrected chi connectivity index (χ2v) is 14.6. The van der Waals surface area contributed by atoms with Crippen molar-refractivity contribution in [3.05, 3.63) is 212 Å². The van der Waals surface area contributed by atoms with E-state index in [9.17, 15) is 0 Å². The Hall–Kier alpha value is -7.62. The summed E-state index contributed by atoms with van der Waals surface area (Å²) in [7, 11) is 0. The smallest absolute Gasteiger partial charge is 0.160 e. The van der Waals surface area contributed by atoms with Crippen LogP contribution in [0.5, 0.6) is 0 Å². The molecule has 0 saturated carbocycles. The summed E-state index contributed by atoms with van der Waals surface area (Å²) in [4.78, 5) is 10.7. The van der Waals surface area contributed by atoms with Gasteiger partial charge in [-0.15, -0.1) is 0 Å². The minimum absolute atomic E-state index is 0.693. The summed E-state index contributed by atoms with van der Waals surface area (Å²) in [6.45, 7) is 0. The van der Waals surface area contributed by atoms with Crippen molar-refractivity contribution in [3.8, 4) is 61.7 Å². The van der Waals surface area contributed by atoms with Gasteiger partial charge in [-0.1, -0.05) is 158 Å². The number of rotatable bonds is 6. The van der Waals surface area contributed by atoms with Crippen LogP contribution in [-0.2, 0) is 0 Å². The van der Waals surface area contributed by atoms with Crippen molar-refractivity contribution in [2.24, 2.45) is 0 Å². The number of aromatic nitrogens is 3. The van der Waals surface area contributed by atoms with Gasteiger partial charge in [0.1, 0.15) is 0 Å². The highest BCUT2D eigenvalue weighted by Gasteiger charge is 2.18. The summed E-state index contributed by atoms with van der Waals surface area (Å²) in [6, 6.07) is 75.7. The zero-order valence-electron chi connectivity index (χ0n) is 31.0. The highest BCUT2D eigenvalue weighted by molar-refractivity contribution is 6.13. The fourth-order valence-electron chi connectivity index (χ4n) is 8.38. The van der Waals surface area contributed by atoms with Crippen LogP contribution in [0, 0.1) is 0 Å². The second-order valence-electron chi connectivity index (χ2n) is 14.6. The molecule has 0 aliphatic rings. The monoisotopic (exact) mass is 725 g/mol. The third-order valence-electron chi connectivity index (χ3n) is 11.2. The van der Waals surface area contributed by atoms with E-state index in [0.717, 1.165) is 55.7 Å². The van der Waals surface area contributed by atoms with Crippen molar-refractivity contribution in [2.45, 2.75) is 0 Å². The molecule has 3 nitrogen and oxygen atoms in total. The summed E-state index contributed by atoms with van der Waals surface area (Å²) in [6.07, 6.45) is 0. The Labute approximate surface area is 330 Å². The highest BCUT2D eigenvalue weighted by atomic mass is 15.0. The van der Waals surface area contributed by atoms with Crippen molar-refractivity contribution in [1.29, 1.82) is 0 Å². The Morgan fingerprint density at radius 3 is 1.56 bits per heavy atom. The summed E-state index contributed by atoms with van der Waals surface area (Å²) in [5, 5.41) is 5.98. The van der Waals surface area contributed by atoms with E-state index in [0.29, 0.717) is 5.82 Å². The van der Waals surface area contributed by atoms with Gasteiger partial charge in [0.25, 0.3) is 0 Å². The van der Waals surface area contributed by atoms with Gasteiger partial charge in [-0.25, -0.2) is 9.97 Å². The van der Waals surface area contributed by atoms with Crippen molar-refractivity contribution >= 4 is 43.5 Å². The maximum atomic E-state index is 5.33. The molecule has 0 unspecified atom stereocenters. The molecule has 0 aliphatic carbocycles. The molecule has 0 N–H and O–H groups in total. The molecular formula is C54H35N3. The average Bonchev–Trinajstić information content (AvgIpc) is 3.61. The molecule has 3 heteroatoms. The molecule has 2 heterocycles. The van der Waals surface area contributed by atoms with E-state index in [1.165, 1.54) is 43.7 Å². The van der Waals surface area contributed by atoms with Crippen molar-refractivity contribution in [2.75, 3.05) is 0 Å². The third kappa shape index (κ3) is 5.76. The third-order valence-corrected chi connectivity index (χ3v) is 11.2. The Kier molecular flexibility index (Phi) is 7.82. The summed E-state index contributed by atoms with van der Waals surface area (Å²) < 4.78 is 2.37. The number of hydrogen-bond acceptors (Lipinski definition) is 2. The van der Waals surface area contributed by atoms with E-state index in [1.807, 2.05) is 0 Å². The van der Waals surface area contributed by atoms with Crippen molar-refractivity contribution < 1.29 is 0 Å². The molecule has 0 bridgehead atoms. The number of benzene rings is 9. The standard InChI is InChI=1S/C54H35N3/c1-4-14-36(15-5-1)37-24-26-39(27-25-37)47-35-50-49(34-46(47)38-16-6-2-7-17-38)53(40-18-8-3-9-19-40)56-54(55-50)41-28-30-44(31-29-41)57-51-23-13-12-22-45(51)48-32-42-20-10-11-21-43(42)33-52(48)57/h1-35H. The van der Waals surface area contributed by atoms with Crippen LogP contribution < -0.4 is 0 Å². The van der Waals surface area contributed by atoms with Crippen LogP contribution in [0.25, 0.3) is 105 Å². The lowest BCUT2D eigenvalue weighted by atomic mass is 9.91. The van der Waals surface area contributed by atoms with Gasteiger partial charge in [-0.05, 0) is 98.8 Å². The van der Waals surface area contributed by atoms with Gasteiger partial charge >= 0.3 is 0 Å². The summed E-state index contributed by atoms with van der Waals surface area (Å²) >= 11 is 0. The molecule has 0 amide bonds. The lowest BCUT2D eigenvalue weighted by molar-refractivity contribution is 1.17. The van der Waals surface area contributed by atoms with Gasteiger partial charge in [0, 0.05) is 33.0 Å². The molecule has 9 aromatic carbocycles. The van der Waals surface area contributed by atoms with E-state index in [2.05, 4.69) is 217 Å². The van der Waals surface area contributed by atoms with E-state index < -0.39 is 0 Å². The minimum atomic E-state index is 0.693. The lowest BCUT2D eigenvalue weighted by Crippen LogP contribution is -1.98. The summed E-state index contributed by atoms with van der Waals surface area (Å²) in [5.74, 6) is 0.693. The Morgan fingerprint density at radius 2 is 0.842 bits per heavy atom. The molecule has 11 aromatic rings. The van der Waals surface area contributed by atoms with Gasteiger partial charge in [0.05, 0.1) is 22.2 Å². The van der Waals surface area contributed by atoms with Crippen molar-refractivity contribution in [3.63, 3.8) is 0 Å². The molecule has 0 fully saturated rings. The maximum absolute atomic E-state index is 5.33. The number of para-hydroxylation sites is 1. The topological polar surface area (TPSA) is 30.7 Å². The van der Waals surface area contributed by atoms with Crippen LogP contribution >= 0.6 is 0 Å². The quantitative estimate of drug-likeness (QED) is 0.171. The largest absolute Gasteiger partial charge is 0.309 e. The molecule has 0 saturated heterocycles. The van der Waals surface area contributed by atoms with Gasteiger partial charge in [-0.3, -0.25) is 0 Å². The maximum Gasteiger partial charge on any atom is 0.160 e. The SMILES string of the molecule is c1ccc(-c2ccc(-c3cc4nc(-c5ccc(-n6c7ccccc7c7cc8ccccc8cc76)cc5)nc(-c5ccccc5)c4cc3-c3ccccc3)cc2)cc1. The van der Waals surface area contributed by atoms with E-state index in [1.54, 1.807) is 0 Å². The molecule has 11 rings (SSSR count). The van der Waals surface area contributed by atoms with E-state index >= 15 is 0 Å². The van der Waals surface area contributed by atoms with Gasteiger partial charge < -0.3 is 4.57 Å². The first-order chi connectivity index (χ1) is 28.2.